The minimum atomic E-state index is -0.324. The molecule has 0 bridgehead atoms. The molecule has 2 aromatic rings. The van der Waals surface area contributed by atoms with Gasteiger partial charge in [-0.05, 0) is 56.1 Å². The lowest BCUT2D eigenvalue weighted by Gasteiger charge is -2.40. The van der Waals surface area contributed by atoms with Crippen molar-refractivity contribution in [2.45, 2.75) is 24.7 Å². The Bertz CT molecular complexity index is 726. The minimum absolute atomic E-state index is 0.324. The zero-order chi connectivity index (χ0) is 15.2. The van der Waals surface area contributed by atoms with Gasteiger partial charge in [-0.1, -0.05) is 48.5 Å². The van der Waals surface area contributed by atoms with Crippen LogP contribution in [0.25, 0.3) is 0 Å². The van der Waals surface area contributed by atoms with Crippen LogP contribution in [0.15, 0.2) is 48.5 Å². The summed E-state index contributed by atoms with van der Waals surface area (Å²) < 4.78 is 0. The number of hydrogen-bond donors (Lipinski definition) is 0. The summed E-state index contributed by atoms with van der Waals surface area (Å²) >= 11 is 0. The monoisotopic (exact) mass is 291 g/mol. The lowest BCUT2D eigenvalue weighted by Crippen LogP contribution is -2.46. The van der Waals surface area contributed by atoms with Crippen LogP contribution in [0, 0.1) is 0 Å². The fourth-order valence-electron chi connectivity index (χ4n) is 4.12. The number of fused-ring (bicyclic) bond motifs is 3. The van der Waals surface area contributed by atoms with Gasteiger partial charge in [0.15, 0.2) is 5.78 Å². The molecule has 1 heterocycles. The third-order valence-electron chi connectivity index (χ3n) is 5.45. The van der Waals surface area contributed by atoms with Crippen molar-refractivity contribution in [2.75, 3.05) is 20.1 Å². The van der Waals surface area contributed by atoms with Gasteiger partial charge in [0.25, 0.3) is 0 Å². The lowest BCUT2D eigenvalue weighted by atomic mass is 9.68. The maximum absolute atomic E-state index is 13.5. The number of piperidine rings is 1. The molecule has 0 unspecified atom stereocenters. The van der Waals surface area contributed by atoms with E-state index < -0.39 is 0 Å². The highest BCUT2D eigenvalue weighted by atomic mass is 16.1. The van der Waals surface area contributed by atoms with E-state index in [2.05, 4.69) is 42.3 Å². The van der Waals surface area contributed by atoms with Crippen molar-refractivity contribution in [2.24, 2.45) is 0 Å². The molecule has 1 aliphatic carbocycles. The summed E-state index contributed by atoms with van der Waals surface area (Å²) in [6.45, 7) is 1.98. The topological polar surface area (TPSA) is 20.3 Å². The summed E-state index contributed by atoms with van der Waals surface area (Å²) in [5, 5.41) is 0. The minimum Gasteiger partial charge on any atom is -0.306 e. The van der Waals surface area contributed by atoms with Gasteiger partial charge in [0.05, 0.1) is 5.41 Å². The molecular formula is C20H21NO. The number of nitrogens with zero attached hydrogens (tertiary/aromatic N) is 1. The zero-order valence-electron chi connectivity index (χ0n) is 13.0. The van der Waals surface area contributed by atoms with Crippen LogP contribution in [0.4, 0.5) is 0 Å². The van der Waals surface area contributed by atoms with Crippen LogP contribution in [0.3, 0.4) is 0 Å². The Labute approximate surface area is 131 Å². The van der Waals surface area contributed by atoms with E-state index in [0.717, 1.165) is 37.9 Å². The molecule has 0 N–H and O–H groups in total. The number of rotatable bonds is 0. The second kappa shape index (κ2) is 5.06. The summed E-state index contributed by atoms with van der Waals surface area (Å²) in [6.07, 6.45) is 2.72. The molecule has 0 radical (unpaired) electrons. The fraction of sp³-hybridized carbons (Fsp3) is 0.350. The number of hydrogen-bond acceptors (Lipinski definition) is 2. The van der Waals surface area contributed by atoms with Gasteiger partial charge >= 0.3 is 0 Å². The summed E-state index contributed by atoms with van der Waals surface area (Å²) in [5.41, 5.74) is 4.38. The first-order valence-corrected chi connectivity index (χ1v) is 8.10. The largest absolute Gasteiger partial charge is 0.306 e. The summed E-state index contributed by atoms with van der Waals surface area (Å²) in [4.78, 5) is 15.8. The number of Topliss-reactive ketones (excluding diaryl/α,β-unsaturated/α-hetero) is 1. The molecule has 0 saturated carbocycles. The average Bonchev–Trinajstić information content (AvgIpc) is 2.65. The third-order valence-corrected chi connectivity index (χ3v) is 5.45. The van der Waals surface area contributed by atoms with Crippen molar-refractivity contribution >= 4 is 5.78 Å². The number of ketones is 1. The molecular weight excluding hydrogens is 270 g/mol. The molecule has 1 saturated heterocycles. The van der Waals surface area contributed by atoms with Crippen LogP contribution >= 0.6 is 0 Å². The van der Waals surface area contributed by atoms with Crippen LogP contribution in [0.5, 0.6) is 0 Å². The Kier molecular flexibility index (Phi) is 3.16. The first-order valence-electron chi connectivity index (χ1n) is 8.10. The molecule has 0 aromatic heterocycles. The van der Waals surface area contributed by atoms with Crippen molar-refractivity contribution in [1.29, 1.82) is 0 Å². The van der Waals surface area contributed by atoms with E-state index in [0.29, 0.717) is 5.78 Å². The van der Waals surface area contributed by atoms with Gasteiger partial charge in [0, 0.05) is 5.56 Å². The van der Waals surface area contributed by atoms with Crippen LogP contribution in [-0.4, -0.2) is 30.8 Å². The van der Waals surface area contributed by atoms with E-state index in [1.54, 1.807) is 0 Å². The van der Waals surface area contributed by atoms with E-state index in [-0.39, 0.29) is 5.41 Å². The van der Waals surface area contributed by atoms with Crippen LogP contribution in [-0.2, 0) is 11.8 Å². The SMILES string of the molecule is CN1CCC2(CC1)C(=O)c1ccccc1Cc1ccccc12. The quantitative estimate of drug-likeness (QED) is 0.741. The molecule has 0 atom stereocenters. The zero-order valence-corrected chi connectivity index (χ0v) is 13.0. The van der Waals surface area contributed by atoms with E-state index in [4.69, 9.17) is 0 Å². The smallest absolute Gasteiger partial charge is 0.173 e. The summed E-state index contributed by atoms with van der Waals surface area (Å²) in [5.74, 6) is 0.334. The first kappa shape index (κ1) is 13.7. The van der Waals surface area contributed by atoms with E-state index in [1.807, 2.05) is 18.2 Å². The number of likely N-dealkylation sites (tertiary alicyclic amines) is 1. The van der Waals surface area contributed by atoms with Gasteiger partial charge < -0.3 is 4.90 Å². The predicted octanol–water partition coefficient (Wildman–Crippen LogP) is 3.44. The van der Waals surface area contributed by atoms with Gasteiger partial charge in [-0.15, -0.1) is 0 Å². The Balaban J connectivity index is 1.94. The van der Waals surface area contributed by atoms with Crippen molar-refractivity contribution in [3.05, 3.63) is 70.8 Å². The van der Waals surface area contributed by atoms with Gasteiger partial charge in [0.1, 0.15) is 0 Å². The van der Waals surface area contributed by atoms with E-state index in [9.17, 15) is 4.79 Å². The van der Waals surface area contributed by atoms with E-state index in [1.165, 1.54) is 16.7 Å². The van der Waals surface area contributed by atoms with Crippen molar-refractivity contribution in [1.82, 2.24) is 4.90 Å². The van der Waals surface area contributed by atoms with Crippen LogP contribution in [0.1, 0.15) is 39.9 Å². The molecule has 2 aliphatic rings. The van der Waals surface area contributed by atoms with Gasteiger partial charge in [0.2, 0.25) is 0 Å². The molecule has 1 fully saturated rings. The normalized spacial score (nSPS) is 20.3. The van der Waals surface area contributed by atoms with Crippen LogP contribution < -0.4 is 0 Å². The molecule has 2 aromatic carbocycles. The molecule has 0 amide bonds. The van der Waals surface area contributed by atoms with E-state index >= 15 is 0 Å². The fourth-order valence-corrected chi connectivity index (χ4v) is 4.12. The second-order valence-electron chi connectivity index (χ2n) is 6.71. The van der Waals surface area contributed by atoms with Gasteiger partial charge in [-0.2, -0.15) is 0 Å². The lowest BCUT2D eigenvalue weighted by molar-refractivity contribution is 0.0794. The summed E-state index contributed by atoms with van der Waals surface area (Å²) in [7, 11) is 2.15. The Hall–Kier alpha value is -1.93. The second-order valence-corrected chi connectivity index (χ2v) is 6.71. The highest BCUT2D eigenvalue weighted by Gasteiger charge is 2.45. The standard InChI is InChI=1S/C20H21NO/c1-21-12-10-20(11-13-21)18-9-5-3-7-16(18)14-15-6-2-4-8-17(15)19(20)22/h2-9H,10-14H2,1H3. The molecule has 1 aliphatic heterocycles. The maximum Gasteiger partial charge on any atom is 0.173 e. The molecule has 112 valence electrons. The van der Waals surface area contributed by atoms with Crippen molar-refractivity contribution in [3.63, 3.8) is 0 Å². The maximum atomic E-state index is 13.5. The number of carbonyl (C=O) groups excluding carboxylic acids is 1. The van der Waals surface area contributed by atoms with Crippen molar-refractivity contribution < 1.29 is 4.79 Å². The Morgan fingerprint density at radius 3 is 2.32 bits per heavy atom. The number of benzene rings is 2. The van der Waals surface area contributed by atoms with Gasteiger partial charge in [-0.3, -0.25) is 4.79 Å². The molecule has 1 spiro atoms. The Morgan fingerprint density at radius 1 is 0.909 bits per heavy atom. The van der Waals surface area contributed by atoms with Gasteiger partial charge in [-0.25, -0.2) is 0 Å². The Morgan fingerprint density at radius 2 is 1.55 bits per heavy atom. The highest BCUT2D eigenvalue weighted by molar-refractivity contribution is 6.06. The predicted molar refractivity (Wildman–Crippen MR) is 88.4 cm³/mol. The third kappa shape index (κ3) is 1.94. The first-order chi connectivity index (χ1) is 10.7. The molecule has 4 rings (SSSR count). The summed E-state index contributed by atoms with van der Waals surface area (Å²) in [6, 6.07) is 16.7. The highest BCUT2D eigenvalue weighted by Crippen LogP contribution is 2.43. The molecule has 22 heavy (non-hydrogen) atoms. The molecule has 2 heteroatoms. The number of carbonyl (C=O) groups is 1. The van der Waals surface area contributed by atoms with Crippen molar-refractivity contribution in [3.8, 4) is 0 Å². The molecule has 2 nitrogen and oxygen atoms in total. The van der Waals surface area contributed by atoms with Crippen LogP contribution in [0.2, 0.25) is 0 Å². The average molecular weight is 291 g/mol.